The zero-order valence-electron chi connectivity index (χ0n) is 16.4. The van der Waals surface area contributed by atoms with Crippen LogP contribution in [0.1, 0.15) is 22.3 Å². The highest BCUT2D eigenvalue weighted by molar-refractivity contribution is 8.26. The lowest BCUT2D eigenvalue weighted by Crippen LogP contribution is -2.43. The molecule has 1 aliphatic rings. The molecule has 2 N–H and O–H groups in total. The van der Waals surface area contributed by atoms with Crippen LogP contribution >= 0.6 is 35.6 Å². The third-order valence-electron chi connectivity index (χ3n) is 4.26. The van der Waals surface area contributed by atoms with Crippen LogP contribution in [0.3, 0.4) is 0 Å². The third-order valence-corrected chi connectivity index (χ3v) is 5.97. The topological polar surface area (TPSA) is 87.7 Å². The predicted octanol–water partition coefficient (Wildman–Crippen LogP) is 3.40. The van der Waals surface area contributed by atoms with Crippen molar-refractivity contribution >= 4 is 63.7 Å². The fraction of sp³-hybridized carbons (Fsp3) is 0.143. The Bertz CT molecular complexity index is 1070. The molecular weight excluding hydrogens is 458 g/mol. The number of halogens is 1. The first kappa shape index (κ1) is 22.8. The number of hydrogen-bond acceptors (Lipinski definition) is 6. The highest BCUT2D eigenvalue weighted by Gasteiger charge is 2.32. The van der Waals surface area contributed by atoms with Crippen LogP contribution < -0.4 is 15.6 Å². The minimum Gasteiger partial charge on any atom is -0.497 e. The van der Waals surface area contributed by atoms with Crippen LogP contribution in [0.25, 0.3) is 6.08 Å². The van der Waals surface area contributed by atoms with Crippen LogP contribution in [0.2, 0.25) is 5.02 Å². The van der Waals surface area contributed by atoms with E-state index in [-0.39, 0.29) is 29.5 Å². The molecule has 2 aromatic carbocycles. The minimum absolute atomic E-state index is 0.0400. The molecule has 1 fully saturated rings. The van der Waals surface area contributed by atoms with E-state index in [0.717, 1.165) is 5.56 Å². The van der Waals surface area contributed by atoms with E-state index in [1.54, 1.807) is 37.5 Å². The van der Waals surface area contributed by atoms with E-state index < -0.39 is 11.8 Å². The SMILES string of the molecule is COc1cccc(C=C2SC(=S)N(CCC(=O)NNC(=O)c3ccccc3Cl)C2=O)c1. The van der Waals surface area contributed by atoms with Crippen molar-refractivity contribution in [3.63, 3.8) is 0 Å². The van der Waals surface area contributed by atoms with Crippen LogP contribution in [-0.4, -0.2) is 40.6 Å². The molecule has 2 aromatic rings. The van der Waals surface area contributed by atoms with Gasteiger partial charge in [-0.2, -0.15) is 0 Å². The van der Waals surface area contributed by atoms with E-state index in [4.69, 9.17) is 28.6 Å². The summed E-state index contributed by atoms with van der Waals surface area (Å²) in [6, 6.07) is 13.8. The molecule has 3 rings (SSSR count). The Morgan fingerprint density at radius 2 is 1.97 bits per heavy atom. The summed E-state index contributed by atoms with van der Waals surface area (Å²) >= 11 is 12.4. The molecule has 0 unspecified atom stereocenters. The number of nitrogens with one attached hydrogen (secondary N) is 2. The van der Waals surface area contributed by atoms with Gasteiger partial charge in [0.05, 0.1) is 22.6 Å². The van der Waals surface area contributed by atoms with Gasteiger partial charge in [-0.25, -0.2) is 0 Å². The molecule has 0 atom stereocenters. The Balaban J connectivity index is 1.54. The number of ether oxygens (including phenoxy) is 1. The average Bonchev–Trinajstić information content (AvgIpc) is 3.03. The van der Waals surface area contributed by atoms with Crippen molar-refractivity contribution in [1.82, 2.24) is 15.8 Å². The van der Waals surface area contributed by atoms with Crippen LogP contribution in [0.4, 0.5) is 0 Å². The Kier molecular flexibility index (Phi) is 7.67. The molecular formula is C21H18ClN3O4S2. The van der Waals surface area contributed by atoms with Gasteiger partial charge in [-0.3, -0.25) is 30.1 Å². The number of nitrogens with zero attached hydrogens (tertiary/aromatic N) is 1. The van der Waals surface area contributed by atoms with E-state index >= 15 is 0 Å². The molecule has 31 heavy (non-hydrogen) atoms. The summed E-state index contributed by atoms with van der Waals surface area (Å²) in [5.74, 6) is -0.595. The maximum Gasteiger partial charge on any atom is 0.271 e. The zero-order valence-corrected chi connectivity index (χ0v) is 18.8. The van der Waals surface area contributed by atoms with Crippen LogP contribution in [0, 0.1) is 0 Å². The van der Waals surface area contributed by atoms with Gasteiger partial charge in [-0.1, -0.05) is 59.8 Å². The van der Waals surface area contributed by atoms with E-state index in [1.807, 2.05) is 24.3 Å². The number of methoxy groups -OCH3 is 1. The second kappa shape index (κ2) is 10.4. The van der Waals surface area contributed by atoms with Crippen LogP contribution in [0.5, 0.6) is 5.75 Å². The van der Waals surface area contributed by atoms with Crippen LogP contribution in [0.15, 0.2) is 53.4 Å². The number of amides is 3. The van der Waals surface area contributed by atoms with E-state index in [1.165, 1.54) is 16.7 Å². The normalized spacial score (nSPS) is 14.6. The monoisotopic (exact) mass is 475 g/mol. The molecule has 7 nitrogen and oxygen atoms in total. The molecule has 1 aliphatic heterocycles. The van der Waals surface area contributed by atoms with Crippen molar-refractivity contribution in [2.75, 3.05) is 13.7 Å². The highest BCUT2D eigenvalue weighted by Crippen LogP contribution is 2.33. The second-order valence-corrected chi connectivity index (χ2v) is 8.43. The first-order valence-electron chi connectivity index (χ1n) is 9.12. The van der Waals surface area contributed by atoms with E-state index in [0.29, 0.717) is 15.0 Å². The summed E-state index contributed by atoms with van der Waals surface area (Å²) in [5.41, 5.74) is 5.66. The maximum absolute atomic E-state index is 12.7. The maximum atomic E-state index is 12.7. The van der Waals surface area contributed by atoms with Gasteiger partial charge >= 0.3 is 0 Å². The summed E-state index contributed by atoms with van der Waals surface area (Å²) in [6.07, 6.45) is 1.69. The largest absolute Gasteiger partial charge is 0.497 e. The summed E-state index contributed by atoms with van der Waals surface area (Å²) in [6.45, 7) is 0.0912. The summed E-state index contributed by atoms with van der Waals surface area (Å²) in [7, 11) is 1.57. The molecule has 0 radical (unpaired) electrons. The van der Waals surface area contributed by atoms with Crippen molar-refractivity contribution in [3.05, 3.63) is 69.6 Å². The zero-order chi connectivity index (χ0) is 22.4. The molecule has 10 heteroatoms. The fourth-order valence-electron chi connectivity index (χ4n) is 2.69. The third kappa shape index (κ3) is 5.84. The van der Waals surface area contributed by atoms with Gasteiger partial charge in [0.1, 0.15) is 10.1 Å². The number of hydrazine groups is 1. The highest BCUT2D eigenvalue weighted by atomic mass is 35.5. The molecule has 0 spiro atoms. The lowest BCUT2D eigenvalue weighted by molar-refractivity contribution is -0.124. The first-order valence-corrected chi connectivity index (χ1v) is 10.7. The number of thiocarbonyl (C=S) groups is 1. The van der Waals surface area contributed by atoms with Gasteiger partial charge in [0.2, 0.25) is 5.91 Å². The first-order chi connectivity index (χ1) is 14.9. The van der Waals surface area contributed by atoms with Gasteiger partial charge in [0, 0.05) is 13.0 Å². The van der Waals surface area contributed by atoms with Crippen molar-refractivity contribution in [2.45, 2.75) is 6.42 Å². The number of benzene rings is 2. The van der Waals surface area contributed by atoms with Crippen molar-refractivity contribution in [1.29, 1.82) is 0 Å². The number of carbonyl (C=O) groups excluding carboxylic acids is 3. The molecule has 0 saturated carbocycles. The molecule has 0 aliphatic carbocycles. The number of rotatable bonds is 6. The van der Waals surface area contributed by atoms with Crippen LogP contribution in [-0.2, 0) is 9.59 Å². The van der Waals surface area contributed by atoms with Gasteiger partial charge in [0.25, 0.3) is 11.8 Å². The molecule has 1 saturated heterocycles. The summed E-state index contributed by atoms with van der Waals surface area (Å²) in [4.78, 5) is 38.7. The Morgan fingerprint density at radius 3 is 2.71 bits per heavy atom. The lowest BCUT2D eigenvalue weighted by Gasteiger charge is -2.14. The standard InChI is InChI=1S/C21H18ClN3O4S2/c1-29-14-6-4-5-13(11-14)12-17-20(28)25(21(30)31-17)10-9-18(26)23-24-19(27)15-7-2-3-8-16(15)22/h2-8,11-12H,9-10H2,1H3,(H,23,26)(H,24,27). The number of thioether (sulfide) groups is 1. The van der Waals surface area contributed by atoms with Crippen molar-refractivity contribution in [2.24, 2.45) is 0 Å². The Labute approximate surface area is 193 Å². The summed E-state index contributed by atoms with van der Waals surface area (Å²) in [5, 5.41) is 0.273. The average molecular weight is 476 g/mol. The van der Waals surface area contributed by atoms with E-state index in [9.17, 15) is 14.4 Å². The smallest absolute Gasteiger partial charge is 0.271 e. The van der Waals surface area contributed by atoms with Gasteiger partial charge in [0.15, 0.2) is 0 Å². The molecule has 3 amide bonds. The van der Waals surface area contributed by atoms with Gasteiger partial charge in [-0.15, -0.1) is 0 Å². The van der Waals surface area contributed by atoms with Gasteiger partial charge < -0.3 is 4.74 Å². The van der Waals surface area contributed by atoms with E-state index in [2.05, 4.69) is 10.9 Å². The molecule has 1 heterocycles. The molecule has 0 aromatic heterocycles. The Hall–Kier alpha value is -2.88. The van der Waals surface area contributed by atoms with Crippen molar-refractivity contribution in [3.8, 4) is 5.75 Å². The Morgan fingerprint density at radius 1 is 1.19 bits per heavy atom. The molecule has 0 bridgehead atoms. The minimum atomic E-state index is -0.536. The second-order valence-electron chi connectivity index (χ2n) is 6.34. The lowest BCUT2D eigenvalue weighted by atomic mass is 10.2. The quantitative estimate of drug-likeness (QED) is 0.378. The van der Waals surface area contributed by atoms with Crippen molar-refractivity contribution < 1.29 is 19.1 Å². The predicted molar refractivity (Wildman–Crippen MR) is 125 cm³/mol. The summed E-state index contributed by atoms with van der Waals surface area (Å²) < 4.78 is 5.56. The van der Waals surface area contributed by atoms with Gasteiger partial charge in [-0.05, 0) is 35.9 Å². The molecule has 160 valence electrons. The number of carbonyl (C=O) groups is 3. The number of hydrogen-bond donors (Lipinski definition) is 2. The fourth-order valence-corrected chi connectivity index (χ4v) is 4.22.